The summed E-state index contributed by atoms with van der Waals surface area (Å²) in [6.07, 6.45) is 1.67. The van der Waals surface area contributed by atoms with Gasteiger partial charge in [0.05, 0.1) is 22.5 Å². The van der Waals surface area contributed by atoms with E-state index in [2.05, 4.69) is 15.8 Å². The van der Waals surface area contributed by atoms with Crippen molar-refractivity contribution in [2.24, 2.45) is 5.10 Å². The van der Waals surface area contributed by atoms with E-state index in [1.807, 2.05) is 68.4 Å². The van der Waals surface area contributed by atoms with Gasteiger partial charge in [0.25, 0.3) is 10.0 Å². The minimum Gasteiger partial charge on any atom is -0.331 e. The van der Waals surface area contributed by atoms with E-state index in [9.17, 15) is 8.42 Å². The number of fused-ring (bicyclic) bond motifs is 3. The Morgan fingerprint density at radius 1 is 1.00 bits per heavy atom. The second-order valence-electron chi connectivity index (χ2n) is 8.44. The predicted octanol–water partition coefficient (Wildman–Crippen LogP) is 4.62. The van der Waals surface area contributed by atoms with Gasteiger partial charge in [0, 0.05) is 18.3 Å². The van der Waals surface area contributed by atoms with Gasteiger partial charge in [-0.1, -0.05) is 48.0 Å². The molecule has 8 nitrogen and oxygen atoms in total. The van der Waals surface area contributed by atoms with Gasteiger partial charge in [-0.05, 0) is 62.0 Å². The summed E-state index contributed by atoms with van der Waals surface area (Å²) in [5.74, 6) is 0. The second kappa shape index (κ2) is 9.21. The molecule has 0 aliphatic carbocycles. The first-order valence-electron chi connectivity index (χ1n) is 11.2. The molecule has 1 aromatic heterocycles. The van der Waals surface area contributed by atoms with Gasteiger partial charge >= 0.3 is 0 Å². The van der Waals surface area contributed by atoms with E-state index in [4.69, 9.17) is 17.3 Å². The van der Waals surface area contributed by atoms with Crippen molar-refractivity contribution in [2.75, 3.05) is 16.7 Å². The van der Waals surface area contributed by atoms with Crippen molar-refractivity contribution >= 4 is 44.9 Å². The number of hydrogen-bond acceptors (Lipinski definition) is 5. The monoisotopic (exact) mass is 516 g/mol. The van der Waals surface area contributed by atoms with E-state index < -0.39 is 10.0 Å². The molecule has 36 heavy (non-hydrogen) atoms. The largest absolute Gasteiger partial charge is 0.331 e. The lowest BCUT2D eigenvalue weighted by Crippen LogP contribution is -2.30. The van der Waals surface area contributed by atoms with Gasteiger partial charge in [-0.2, -0.15) is 10.2 Å². The van der Waals surface area contributed by atoms with Crippen molar-refractivity contribution < 1.29 is 8.42 Å². The summed E-state index contributed by atoms with van der Waals surface area (Å²) in [6.45, 7) is 3.90. The van der Waals surface area contributed by atoms with Gasteiger partial charge in [-0.15, -0.1) is 0 Å². The van der Waals surface area contributed by atoms with Gasteiger partial charge in [-0.25, -0.2) is 13.1 Å². The van der Waals surface area contributed by atoms with Crippen LogP contribution in [0.25, 0.3) is 16.9 Å². The summed E-state index contributed by atoms with van der Waals surface area (Å²) in [7, 11) is -2.07. The van der Waals surface area contributed by atoms with E-state index in [1.54, 1.807) is 36.1 Å². The van der Waals surface area contributed by atoms with Crippen LogP contribution in [0.2, 0.25) is 0 Å². The van der Waals surface area contributed by atoms with Crippen LogP contribution in [-0.2, 0) is 10.0 Å². The van der Waals surface area contributed by atoms with Crippen LogP contribution in [0.3, 0.4) is 0 Å². The number of hydrazone groups is 1. The third-order valence-corrected chi connectivity index (χ3v) is 8.02. The molecule has 2 heterocycles. The van der Waals surface area contributed by atoms with Crippen molar-refractivity contribution in [3.63, 3.8) is 0 Å². The lowest BCUT2D eigenvalue weighted by Gasteiger charge is -2.26. The summed E-state index contributed by atoms with van der Waals surface area (Å²) < 4.78 is 29.1. The van der Waals surface area contributed by atoms with E-state index in [-0.39, 0.29) is 4.90 Å². The van der Waals surface area contributed by atoms with Crippen molar-refractivity contribution in [1.82, 2.24) is 15.2 Å². The van der Waals surface area contributed by atoms with Crippen LogP contribution in [0.5, 0.6) is 0 Å². The minimum absolute atomic E-state index is 0.262. The number of nitrogens with zero attached hydrogens (tertiary/aromatic N) is 4. The van der Waals surface area contributed by atoms with Crippen LogP contribution >= 0.6 is 12.2 Å². The molecular formula is C26H24N6O2S2. The highest BCUT2D eigenvalue weighted by molar-refractivity contribution is 7.93. The lowest BCUT2D eigenvalue weighted by atomic mass is 10.1. The molecule has 4 aromatic rings. The fourth-order valence-corrected chi connectivity index (χ4v) is 5.74. The van der Waals surface area contributed by atoms with Crippen molar-refractivity contribution in [2.45, 2.75) is 18.7 Å². The third-order valence-electron chi connectivity index (χ3n) is 6.01. The summed E-state index contributed by atoms with van der Waals surface area (Å²) in [5.41, 5.74) is 9.12. The number of rotatable bonds is 4. The average Bonchev–Trinajstić information content (AvgIpc) is 3.22. The number of hydrogen-bond donors (Lipinski definition) is 2. The number of thiocarbonyl (C=S) groups is 1. The molecule has 0 spiro atoms. The maximum Gasteiger partial charge on any atom is 0.264 e. The van der Waals surface area contributed by atoms with Crippen molar-refractivity contribution in [1.29, 1.82) is 0 Å². The zero-order valence-electron chi connectivity index (χ0n) is 19.9. The van der Waals surface area contributed by atoms with Crippen LogP contribution < -0.4 is 15.0 Å². The smallest absolute Gasteiger partial charge is 0.264 e. The van der Waals surface area contributed by atoms with Crippen LogP contribution in [0.1, 0.15) is 16.8 Å². The molecule has 0 radical (unpaired) electrons. The van der Waals surface area contributed by atoms with E-state index in [0.717, 1.165) is 22.6 Å². The Morgan fingerprint density at radius 2 is 1.69 bits per heavy atom. The number of aromatic nitrogens is 2. The minimum atomic E-state index is -3.63. The lowest BCUT2D eigenvalue weighted by molar-refractivity contribution is 0.594. The molecule has 1 aliphatic rings. The molecule has 0 bridgehead atoms. The zero-order valence-corrected chi connectivity index (χ0v) is 21.6. The second-order valence-corrected chi connectivity index (χ2v) is 10.8. The van der Waals surface area contributed by atoms with E-state index in [0.29, 0.717) is 22.1 Å². The van der Waals surface area contributed by atoms with Gasteiger partial charge in [0.1, 0.15) is 11.4 Å². The molecule has 0 atom stereocenters. The number of nitrogens with one attached hydrogen (secondary N) is 2. The average molecular weight is 517 g/mol. The number of aryl methyl sites for hydroxylation is 1. The van der Waals surface area contributed by atoms with Gasteiger partial charge in [-0.3, -0.25) is 9.73 Å². The van der Waals surface area contributed by atoms with Crippen LogP contribution in [0.15, 0.2) is 82.8 Å². The summed E-state index contributed by atoms with van der Waals surface area (Å²) in [4.78, 5) is 0.262. The van der Waals surface area contributed by atoms with Gasteiger partial charge in [0.2, 0.25) is 0 Å². The maximum atomic E-state index is 13.0. The molecule has 0 saturated carbocycles. The molecule has 5 rings (SSSR count). The molecule has 2 N–H and O–H groups in total. The summed E-state index contributed by atoms with van der Waals surface area (Å²) >= 11 is 5.29. The maximum absolute atomic E-state index is 13.0. The molecule has 182 valence electrons. The number of sulfonamides is 1. The number of anilines is 2. The predicted molar refractivity (Wildman–Crippen MR) is 147 cm³/mol. The number of benzene rings is 3. The molecule has 0 unspecified atom stereocenters. The fraction of sp³-hybridized carbons (Fsp3) is 0.115. The first-order valence-corrected chi connectivity index (χ1v) is 13.1. The Bertz CT molecular complexity index is 1590. The first kappa shape index (κ1) is 23.7. The first-order chi connectivity index (χ1) is 17.3. The van der Waals surface area contributed by atoms with Crippen LogP contribution in [-0.4, -0.2) is 36.6 Å². The molecule has 0 saturated heterocycles. The fourth-order valence-electron chi connectivity index (χ4n) is 4.12. The summed E-state index contributed by atoms with van der Waals surface area (Å²) in [5, 5.41) is 12.5. The molecule has 10 heteroatoms. The highest BCUT2D eigenvalue weighted by atomic mass is 32.2. The highest BCUT2D eigenvalue weighted by Crippen LogP contribution is 2.43. The van der Waals surface area contributed by atoms with Crippen LogP contribution in [0.4, 0.5) is 11.4 Å². The Labute approximate surface area is 215 Å². The highest BCUT2D eigenvalue weighted by Gasteiger charge is 2.36. The SMILES string of the molecule is Cc1ccc(NC(=S)N/N=C/c2ccc(-n3nc4c(c3C)N(C)S(=O)(=O)c3ccccc3-4)cc2)cc1. The van der Waals surface area contributed by atoms with Gasteiger partial charge < -0.3 is 5.32 Å². The zero-order chi connectivity index (χ0) is 25.4. The molecular weight excluding hydrogens is 492 g/mol. The Hall–Kier alpha value is -4.02. The topological polar surface area (TPSA) is 91.6 Å². The molecule has 3 aromatic carbocycles. The van der Waals surface area contributed by atoms with Gasteiger partial charge in [0.15, 0.2) is 5.11 Å². The Morgan fingerprint density at radius 3 is 2.42 bits per heavy atom. The van der Waals surface area contributed by atoms with E-state index >= 15 is 0 Å². The van der Waals surface area contributed by atoms with Crippen molar-refractivity contribution in [3.05, 3.63) is 89.6 Å². The standard InChI is InChI=1S/C26H24N6O2S2/c1-17-8-12-20(13-9-17)28-26(35)29-27-16-19-10-14-21(15-11-19)32-18(2)25-24(30-32)22-6-4-5-7-23(22)36(33,34)31(25)3/h4-16H,1-3H3,(H2,28,29,35)/b27-16+. The molecule has 0 amide bonds. The van der Waals surface area contributed by atoms with Crippen LogP contribution in [0, 0.1) is 13.8 Å². The molecule has 0 fully saturated rings. The Kier molecular flexibility index (Phi) is 6.07. The quantitative estimate of drug-likeness (QED) is 0.234. The summed E-state index contributed by atoms with van der Waals surface area (Å²) in [6, 6.07) is 22.5. The van der Waals surface area contributed by atoms with Crippen molar-refractivity contribution in [3.8, 4) is 16.9 Å². The Balaban J connectivity index is 1.34. The molecule has 1 aliphatic heterocycles. The third kappa shape index (κ3) is 4.25. The van der Waals surface area contributed by atoms with E-state index in [1.165, 1.54) is 9.87 Å². The normalized spacial score (nSPS) is 13.8.